The fraction of sp³-hybridized carbons (Fsp3) is 0.733. The Balaban J connectivity index is 0.00000161. The Kier molecular flexibility index (Phi) is 6.06. The number of halogens is 1. The molecule has 1 aliphatic carbocycles. The van der Waals surface area contributed by atoms with Crippen LogP contribution >= 0.6 is 12.4 Å². The summed E-state index contributed by atoms with van der Waals surface area (Å²) in [5, 5.41) is 13.7. The molecule has 0 radical (unpaired) electrons. The van der Waals surface area contributed by atoms with Crippen LogP contribution in [0, 0.1) is 0 Å². The van der Waals surface area contributed by atoms with Crippen LogP contribution in [0.4, 0.5) is 0 Å². The quantitative estimate of drug-likeness (QED) is 0.785. The molecule has 2 heterocycles. The molecule has 0 atom stereocenters. The van der Waals surface area contributed by atoms with E-state index in [4.69, 9.17) is 0 Å². The van der Waals surface area contributed by atoms with Crippen molar-refractivity contribution in [2.24, 2.45) is 0 Å². The van der Waals surface area contributed by atoms with Gasteiger partial charge in [0, 0.05) is 36.8 Å². The summed E-state index contributed by atoms with van der Waals surface area (Å²) >= 11 is 0. The van der Waals surface area contributed by atoms with Crippen LogP contribution in [0.15, 0.2) is 0 Å². The van der Waals surface area contributed by atoms with Gasteiger partial charge in [0.25, 0.3) is 5.91 Å². The minimum absolute atomic E-state index is 0. The van der Waals surface area contributed by atoms with Crippen LogP contribution in [0.5, 0.6) is 0 Å². The van der Waals surface area contributed by atoms with Gasteiger partial charge in [0.05, 0.1) is 0 Å². The highest BCUT2D eigenvalue weighted by atomic mass is 35.5. The van der Waals surface area contributed by atoms with Crippen molar-refractivity contribution in [3.8, 4) is 0 Å². The van der Waals surface area contributed by atoms with Gasteiger partial charge in [0.15, 0.2) is 5.69 Å². The van der Waals surface area contributed by atoms with Crippen LogP contribution in [-0.4, -0.2) is 28.7 Å². The Hall–Kier alpha value is -1.07. The number of amides is 1. The lowest BCUT2D eigenvalue weighted by atomic mass is 9.96. The smallest absolute Gasteiger partial charge is 0.272 e. The number of carbonyl (C=O) groups is 1. The number of H-pyrrole nitrogens is 1. The third kappa shape index (κ3) is 3.98. The van der Waals surface area contributed by atoms with E-state index in [0.29, 0.717) is 11.7 Å². The van der Waals surface area contributed by atoms with Crippen molar-refractivity contribution in [2.45, 2.75) is 64.0 Å². The van der Waals surface area contributed by atoms with Crippen molar-refractivity contribution in [1.82, 2.24) is 20.8 Å². The standard InChI is InChI=1S/C15H24N4O.ClH/c20-15(17-11-6-4-2-1-3-5-7-11)14-12-10-16-9-8-13(12)18-19-14;/h11,16H,1-10H2,(H,17,20)(H,18,19);1H. The van der Waals surface area contributed by atoms with Gasteiger partial charge >= 0.3 is 0 Å². The van der Waals surface area contributed by atoms with E-state index in [1.807, 2.05) is 0 Å². The van der Waals surface area contributed by atoms with Gasteiger partial charge in [0.2, 0.25) is 0 Å². The molecule has 0 unspecified atom stereocenters. The number of carbonyl (C=O) groups excluding carboxylic acids is 1. The third-order valence-electron chi connectivity index (χ3n) is 4.46. The minimum atomic E-state index is -0.00299. The van der Waals surface area contributed by atoms with Gasteiger partial charge in [-0.1, -0.05) is 32.1 Å². The maximum Gasteiger partial charge on any atom is 0.272 e. The van der Waals surface area contributed by atoms with Crippen LogP contribution in [0.25, 0.3) is 0 Å². The third-order valence-corrected chi connectivity index (χ3v) is 4.46. The summed E-state index contributed by atoms with van der Waals surface area (Å²) in [5.74, 6) is -0.00299. The van der Waals surface area contributed by atoms with E-state index >= 15 is 0 Å². The number of hydrogen-bond donors (Lipinski definition) is 3. The first kappa shape index (κ1) is 16.3. The Labute approximate surface area is 132 Å². The number of aromatic nitrogens is 2. The van der Waals surface area contributed by atoms with Crippen molar-refractivity contribution in [3.05, 3.63) is 17.0 Å². The first-order valence-electron chi connectivity index (χ1n) is 7.92. The lowest BCUT2D eigenvalue weighted by Crippen LogP contribution is -2.36. The predicted octanol–water partition coefficient (Wildman–Crippen LogP) is 2.32. The molecular weight excluding hydrogens is 288 g/mol. The molecule has 0 bridgehead atoms. The predicted molar refractivity (Wildman–Crippen MR) is 84.8 cm³/mol. The van der Waals surface area contributed by atoms with Gasteiger partial charge in [-0.3, -0.25) is 9.89 Å². The Bertz CT molecular complexity index is 466. The van der Waals surface area contributed by atoms with Gasteiger partial charge in [-0.25, -0.2) is 0 Å². The Morgan fingerprint density at radius 2 is 1.86 bits per heavy atom. The fourth-order valence-corrected chi connectivity index (χ4v) is 3.27. The Morgan fingerprint density at radius 1 is 1.14 bits per heavy atom. The maximum absolute atomic E-state index is 12.4. The highest BCUT2D eigenvalue weighted by Gasteiger charge is 2.23. The monoisotopic (exact) mass is 312 g/mol. The van der Waals surface area contributed by atoms with Gasteiger partial charge in [-0.05, 0) is 12.8 Å². The molecule has 6 heteroatoms. The molecule has 1 aromatic heterocycles. The first-order valence-corrected chi connectivity index (χ1v) is 7.92. The molecule has 1 aromatic rings. The highest BCUT2D eigenvalue weighted by molar-refractivity contribution is 5.94. The molecule has 1 aliphatic heterocycles. The van der Waals surface area contributed by atoms with Gasteiger partial charge < -0.3 is 10.6 Å². The van der Waals surface area contributed by atoms with E-state index in [1.165, 1.54) is 32.1 Å². The molecule has 5 nitrogen and oxygen atoms in total. The zero-order valence-corrected chi connectivity index (χ0v) is 13.2. The maximum atomic E-state index is 12.4. The summed E-state index contributed by atoms with van der Waals surface area (Å²) in [7, 11) is 0. The lowest BCUT2D eigenvalue weighted by molar-refractivity contribution is 0.0924. The van der Waals surface area contributed by atoms with E-state index in [1.54, 1.807) is 0 Å². The number of hydrogen-bond acceptors (Lipinski definition) is 3. The fourth-order valence-electron chi connectivity index (χ4n) is 3.27. The van der Waals surface area contributed by atoms with Crippen molar-refractivity contribution in [2.75, 3.05) is 6.54 Å². The van der Waals surface area contributed by atoms with Crippen LogP contribution in [0.1, 0.15) is 66.7 Å². The molecule has 21 heavy (non-hydrogen) atoms. The minimum Gasteiger partial charge on any atom is -0.348 e. The van der Waals surface area contributed by atoms with Crippen LogP contribution in [0.2, 0.25) is 0 Å². The van der Waals surface area contributed by atoms with Crippen LogP contribution < -0.4 is 10.6 Å². The summed E-state index contributed by atoms with van der Waals surface area (Å²) < 4.78 is 0. The summed E-state index contributed by atoms with van der Waals surface area (Å²) in [6.45, 7) is 1.71. The molecule has 1 fully saturated rings. The second-order valence-corrected chi connectivity index (χ2v) is 5.97. The molecule has 1 amide bonds. The van der Waals surface area contributed by atoms with Crippen LogP contribution in [0.3, 0.4) is 0 Å². The molecule has 2 aliphatic rings. The number of aromatic amines is 1. The van der Waals surface area contributed by atoms with Crippen LogP contribution in [-0.2, 0) is 13.0 Å². The van der Waals surface area contributed by atoms with Gasteiger partial charge in [-0.2, -0.15) is 5.10 Å². The Morgan fingerprint density at radius 3 is 2.62 bits per heavy atom. The number of nitrogens with one attached hydrogen (secondary N) is 3. The summed E-state index contributed by atoms with van der Waals surface area (Å²) in [6.07, 6.45) is 9.55. The molecular formula is C15H25ClN4O. The lowest BCUT2D eigenvalue weighted by Gasteiger charge is -2.21. The molecule has 0 saturated heterocycles. The van der Waals surface area contributed by atoms with E-state index in [9.17, 15) is 4.79 Å². The molecule has 0 aromatic carbocycles. The van der Waals surface area contributed by atoms with Gasteiger partial charge in [-0.15, -0.1) is 12.4 Å². The molecule has 1 saturated carbocycles. The largest absolute Gasteiger partial charge is 0.348 e. The van der Waals surface area contributed by atoms with Gasteiger partial charge in [0.1, 0.15) is 0 Å². The molecule has 3 rings (SSSR count). The van der Waals surface area contributed by atoms with E-state index in [0.717, 1.165) is 43.6 Å². The second-order valence-electron chi connectivity index (χ2n) is 5.97. The summed E-state index contributed by atoms with van der Waals surface area (Å²) in [6, 6.07) is 0.326. The first-order chi connectivity index (χ1) is 9.84. The summed E-state index contributed by atoms with van der Waals surface area (Å²) in [4.78, 5) is 12.4. The highest BCUT2D eigenvalue weighted by Crippen LogP contribution is 2.19. The topological polar surface area (TPSA) is 69.8 Å². The van der Waals surface area contributed by atoms with Crippen molar-refractivity contribution in [1.29, 1.82) is 0 Å². The molecule has 0 spiro atoms. The number of nitrogens with zero attached hydrogens (tertiary/aromatic N) is 1. The van der Waals surface area contributed by atoms with Crippen molar-refractivity contribution < 1.29 is 4.79 Å². The average Bonchev–Trinajstić information content (AvgIpc) is 2.85. The second kappa shape index (κ2) is 7.80. The van der Waals surface area contributed by atoms with Crippen molar-refractivity contribution >= 4 is 18.3 Å². The zero-order chi connectivity index (χ0) is 13.8. The van der Waals surface area contributed by atoms with Crippen molar-refractivity contribution in [3.63, 3.8) is 0 Å². The number of fused-ring (bicyclic) bond motifs is 1. The number of rotatable bonds is 2. The molecule has 118 valence electrons. The molecule has 3 N–H and O–H groups in total. The normalized spacial score (nSPS) is 19.8. The SMILES string of the molecule is Cl.O=C(NC1CCCCCCC1)c1n[nH]c2c1CNCC2. The van der Waals surface area contributed by atoms with E-state index < -0.39 is 0 Å². The summed E-state index contributed by atoms with van der Waals surface area (Å²) in [5.41, 5.74) is 2.76. The zero-order valence-electron chi connectivity index (χ0n) is 12.4. The van der Waals surface area contributed by atoms with E-state index in [-0.39, 0.29) is 18.3 Å². The van der Waals surface area contributed by atoms with E-state index in [2.05, 4.69) is 20.8 Å². The average molecular weight is 313 g/mol.